The third kappa shape index (κ3) is 2.40. The second-order valence-corrected chi connectivity index (χ2v) is 4.75. The van der Waals surface area contributed by atoms with Gasteiger partial charge in [-0.05, 0) is 54.3 Å². The topological polar surface area (TPSA) is 44.9 Å². The highest BCUT2D eigenvalue weighted by molar-refractivity contribution is 6.06. The molecule has 0 radical (unpaired) electrons. The molecule has 0 fully saturated rings. The van der Waals surface area contributed by atoms with E-state index in [9.17, 15) is 9.18 Å². The highest BCUT2D eigenvalue weighted by Gasteiger charge is 2.08. The van der Waals surface area contributed by atoms with Crippen LogP contribution < -0.4 is 5.32 Å². The Balaban J connectivity index is 1.88. The molecule has 1 heterocycles. The number of carbonyl (C=O) groups is 1. The quantitative estimate of drug-likeness (QED) is 0.728. The third-order valence-electron chi connectivity index (χ3n) is 3.12. The number of amides is 1. The molecule has 2 N–H and O–H groups in total. The first-order valence-electron chi connectivity index (χ1n) is 6.27. The molecule has 4 heteroatoms. The van der Waals surface area contributed by atoms with Gasteiger partial charge in [0.2, 0.25) is 0 Å². The molecule has 0 spiro atoms. The lowest BCUT2D eigenvalue weighted by Gasteiger charge is -2.06. The monoisotopic (exact) mass is 268 g/mol. The summed E-state index contributed by atoms with van der Waals surface area (Å²) in [6.07, 6.45) is 1.82. The largest absolute Gasteiger partial charge is 0.361 e. The molecule has 3 aromatic rings. The summed E-state index contributed by atoms with van der Waals surface area (Å²) in [7, 11) is 0. The van der Waals surface area contributed by atoms with Crippen molar-refractivity contribution in [1.29, 1.82) is 0 Å². The first kappa shape index (κ1) is 12.4. The Hall–Kier alpha value is -2.62. The van der Waals surface area contributed by atoms with Crippen LogP contribution in [0.1, 0.15) is 15.9 Å². The summed E-state index contributed by atoms with van der Waals surface area (Å²) < 4.78 is 13.3. The Morgan fingerprint density at radius 2 is 2.00 bits per heavy atom. The zero-order valence-corrected chi connectivity index (χ0v) is 10.9. The van der Waals surface area contributed by atoms with Crippen LogP contribution in [0.25, 0.3) is 10.9 Å². The minimum Gasteiger partial charge on any atom is -0.361 e. The molecule has 20 heavy (non-hydrogen) atoms. The average molecular weight is 268 g/mol. The number of H-pyrrole nitrogens is 1. The smallest absolute Gasteiger partial charge is 0.255 e. The normalized spacial score (nSPS) is 10.7. The second-order valence-electron chi connectivity index (χ2n) is 4.75. The van der Waals surface area contributed by atoms with E-state index in [1.54, 1.807) is 25.1 Å². The van der Waals surface area contributed by atoms with E-state index >= 15 is 0 Å². The SMILES string of the molecule is Cc1cc(F)cc(NC(=O)c2ccc3cc[nH]c3c2)c1. The van der Waals surface area contributed by atoms with Crippen LogP contribution in [-0.2, 0) is 0 Å². The number of benzene rings is 2. The minimum absolute atomic E-state index is 0.258. The average Bonchev–Trinajstić information content (AvgIpc) is 2.84. The number of aromatic nitrogens is 1. The van der Waals surface area contributed by atoms with Gasteiger partial charge in [0.15, 0.2) is 0 Å². The van der Waals surface area contributed by atoms with E-state index < -0.39 is 0 Å². The van der Waals surface area contributed by atoms with Crippen LogP contribution in [0.15, 0.2) is 48.7 Å². The van der Waals surface area contributed by atoms with Gasteiger partial charge in [-0.1, -0.05) is 6.07 Å². The highest BCUT2D eigenvalue weighted by Crippen LogP contribution is 2.17. The van der Waals surface area contributed by atoms with Gasteiger partial charge < -0.3 is 10.3 Å². The predicted octanol–water partition coefficient (Wildman–Crippen LogP) is 3.87. The number of nitrogens with one attached hydrogen (secondary N) is 2. The maximum atomic E-state index is 13.3. The van der Waals surface area contributed by atoms with E-state index in [0.29, 0.717) is 11.3 Å². The molecule has 2 aromatic carbocycles. The van der Waals surface area contributed by atoms with Crippen molar-refractivity contribution >= 4 is 22.5 Å². The molecular weight excluding hydrogens is 255 g/mol. The van der Waals surface area contributed by atoms with Crippen molar-refractivity contribution in [1.82, 2.24) is 4.98 Å². The van der Waals surface area contributed by atoms with Crippen molar-refractivity contribution in [2.24, 2.45) is 0 Å². The molecule has 0 aliphatic heterocycles. The van der Waals surface area contributed by atoms with Gasteiger partial charge in [-0.3, -0.25) is 4.79 Å². The Labute approximate surface area is 115 Å². The standard InChI is InChI=1S/C16H13FN2O/c1-10-6-13(17)9-14(7-10)19-16(20)12-3-2-11-4-5-18-15(11)8-12/h2-9,18H,1H3,(H,19,20). The molecule has 0 saturated heterocycles. The molecule has 3 rings (SSSR count). The Morgan fingerprint density at radius 3 is 2.80 bits per heavy atom. The van der Waals surface area contributed by atoms with Crippen molar-refractivity contribution < 1.29 is 9.18 Å². The maximum absolute atomic E-state index is 13.3. The number of hydrogen-bond donors (Lipinski definition) is 2. The van der Waals surface area contributed by atoms with Crippen LogP contribution in [-0.4, -0.2) is 10.9 Å². The molecule has 0 saturated carbocycles. The van der Waals surface area contributed by atoms with Crippen molar-refractivity contribution in [2.45, 2.75) is 6.92 Å². The van der Waals surface area contributed by atoms with Crippen LogP contribution in [0.2, 0.25) is 0 Å². The van der Waals surface area contributed by atoms with Crippen LogP contribution in [0.5, 0.6) is 0 Å². The summed E-state index contributed by atoms with van der Waals surface area (Å²) in [6.45, 7) is 1.78. The van der Waals surface area contributed by atoms with Crippen molar-refractivity contribution in [2.75, 3.05) is 5.32 Å². The molecule has 0 aliphatic rings. The minimum atomic E-state index is -0.361. The number of fused-ring (bicyclic) bond motifs is 1. The van der Waals surface area contributed by atoms with Gasteiger partial charge in [0.1, 0.15) is 5.82 Å². The van der Waals surface area contributed by atoms with Gasteiger partial charge in [-0.15, -0.1) is 0 Å². The van der Waals surface area contributed by atoms with Crippen molar-refractivity contribution in [3.05, 3.63) is 65.6 Å². The van der Waals surface area contributed by atoms with E-state index in [2.05, 4.69) is 10.3 Å². The van der Waals surface area contributed by atoms with Gasteiger partial charge in [0.25, 0.3) is 5.91 Å². The molecule has 1 amide bonds. The van der Waals surface area contributed by atoms with Crippen molar-refractivity contribution in [3.8, 4) is 0 Å². The van der Waals surface area contributed by atoms with Crippen molar-refractivity contribution in [3.63, 3.8) is 0 Å². The Morgan fingerprint density at radius 1 is 1.15 bits per heavy atom. The molecule has 3 nitrogen and oxygen atoms in total. The van der Waals surface area contributed by atoms with Gasteiger partial charge >= 0.3 is 0 Å². The van der Waals surface area contributed by atoms with Gasteiger partial charge in [-0.2, -0.15) is 0 Å². The van der Waals surface area contributed by atoms with E-state index in [1.165, 1.54) is 12.1 Å². The Bertz CT molecular complexity index is 772. The fraction of sp³-hybridized carbons (Fsp3) is 0.0625. The van der Waals surface area contributed by atoms with E-state index in [4.69, 9.17) is 0 Å². The molecular formula is C16H13FN2O. The van der Waals surface area contributed by atoms with Crippen LogP contribution in [0.4, 0.5) is 10.1 Å². The fourth-order valence-electron chi connectivity index (χ4n) is 2.20. The number of aryl methyl sites for hydroxylation is 1. The molecule has 100 valence electrons. The zero-order valence-electron chi connectivity index (χ0n) is 10.9. The summed E-state index contributed by atoms with van der Waals surface area (Å²) in [4.78, 5) is 15.2. The van der Waals surface area contributed by atoms with Gasteiger partial charge in [0.05, 0.1) is 0 Å². The number of hydrogen-bond acceptors (Lipinski definition) is 1. The van der Waals surface area contributed by atoms with E-state index in [0.717, 1.165) is 16.5 Å². The second kappa shape index (κ2) is 4.81. The highest BCUT2D eigenvalue weighted by atomic mass is 19.1. The van der Waals surface area contributed by atoms with Crippen LogP contribution in [0, 0.1) is 12.7 Å². The van der Waals surface area contributed by atoms with Crippen LogP contribution in [0.3, 0.4) is 0 Å². The first-order chi connectivity index (χ1) is 9.61. The third-order valence-corrected chi connectivity index (χ3v) is 3.12. The lowest BCUT2D eigenvalue weighted by Crippen LogP contribution is -2.12. The zero-order chi connectivity index (χ0) is 14.1. The van der Waals surface area contributed by atoms with Crippen LogP contribution >= 0.6 is 0 Å². The lowest BCUT2D eigenvalue weighted by molar-refractivity contribution is 0.102. The number of halogens is 1. The predicted molar refractivity (Wildman–Crippen MR) is 77.4 cm³/mol. The molecule has 0 unspecified atom stereocenters. The Kier molecular flexibility index (Phi) is 2.99. The summed E-state index contributed by atoms with van der Waals surface area (Å²) in [5.74, 6) is -0.619. The summed E-state index contributed by atoms with van der Waals surface area (Å²) in [6, 6.07) is 11.8. The molecule has 0 bridgehead atoms. The molecule has 0 atom stereocenters. The molecule has 0 aliphatic carbocycles. The summed E-state index contributed by atoms with van der Waals surface area (Å²) in [5.41, 5.74) is 2.65. The van der Waals surface area contributed by atoms with Gasteiger partial charge in [-0.25, -0.2) is 4.39 Å². The number of rotatable bonds is 2. The van der Waals surface area contributed by atoms with Gasteiger partial charge in [0, 0.05) is 23.0 Å². The lowest BCUT2D eigenvalue weighted by atomic mass is 10.1. The number of aromatic amines is 1. The summed E-state index contributed by atoms with van der Waals surface area (Å²) >= 11 is 0. The fourth-order valence-corrected chi connectivity index (χ4v) is 2.20. The number of carbonyl (C=O) groups excluding carboxylic acids is 1. The van der Waals surface area contributed by atoms with E-state index in [1.807, 2.05) is 18.3 Å². The first-order valence-corrected chi connectivity index (χ1v) is 6.27. The summed E-state index contributed by atoms with van der Waals surface area (Å²) in [5, 5.41) is 3.75. The maximum Gasteiger partial charge on any atom is 0.255 e. The van der Waals surface area contributed by atoms with E-state index in [-0.39, 0.29) is 11.7 Å². The molecule has 1 aromatic heterocycles. The number of anilines is 1.